The summed E-state index contributed by atoms with van der Waals surface area (Å²) in [6.45, 7) is 9.43. The molecule has 0 saturated carbocycles. The molecule has 0 aliphatic heterocycles. The lowest BCUT2D eigenvalue weighted by Gasteiger charge is -2.38. The van der Waals surface area contributed by atoms with Gasteiger partial charge in [0.25, 0.3) is 0 Å². The zero-order valence-electron chi connectivity index (χ0n) is 11.6. The predicted molar refractivity (Wildman–Crippen MR) is 77.6 cm³/mol. The highest BCUT2D eigenvalue weighted by Gasteiger charge is 2.44. The minimum atomic E-state index is -3.23. The Morgan fingerprint density at radius 2 is 1.44 bits per heavy atom. The van der Waals surface area contributed by atoms with E-state index in [1.807, 2.05) is 20.8 Å². The van der Waals surface area contributed by atoms with Crippen LogP contribution in [0, 0.1) is 5.41 Å². The van der Waals surface area contributed by atoms with Gasteiger partial charge in [0, 0.05) is 5.02 Å². The van der Waals surface area contributed by atoms with Crippen LogP contribution in [0.4, 0.5) is 0 Å². The lowest BCUT2D eigenvalue weighted by molar-refractivity contribution is 0.302. The second kappa shape index (κ2) is 4.86. The van der Waals surface area contributed by atoms with Crippen LogP contribution in [-0.4, -0.2) is 13.2 Å². The first-order chi connectivity index (χ1) is 7.97. The van der Waals surface area contributed by atoms with E-state index in [0.29, 0.717) is 5.02 Å². The van der Waals surface area contributed by atoms with Crippen LogP contribution in [-0.2, 0) is 15.6 Å². The summed E-state index contributed by atoms with van der Waals surface area (Å²) in [5, 5.41) is 0.617. The van der Waals surface area contributed by atoms with E-state index >= 15 is 0 Å². The van der Waals surface area contributed by atoms with Gasteiger partial charge in [-0.3, -0.25) is 0 Å². The molecule has 0 heterocycles. The fraction of sp³-hybridized carbons (Fsp3) is 0.571. The summed E-state index contributed by atoms with van der Waals surface area (Å²) >= 11 is 5.80. The Bertz CT molecular complexity index is 508. The summed E-state index contributed by atoms with van der Waals surface area (Å²) in [5.74, 6) is 0.0500. The minimum Gasteiger partial charge on any atom is -0.228 e. The van der Waals surface area contributed by atoms with Crippen LogP contribution in [0.25, 0.3) is 0 Å². The molecule has 0 N–H and O–H groups in total. The fourth-order valence-corrected chi connectivity index (χ4v) is 3.50. The zero-order valence-corrected chi connectivity index (χ0v) is 13.2. The molecule has 0 aliphatic carbocycles. The normalized spacial score (nSPS) is 13.7. The van der Waals surface area contributed by atoms with Gasteiger partial charge in [0.15, 0.2) is 9.84 Å². The Labute approximate surface area is 115 Å². The molecule has 1 rings (SSSR count). The van der Waals surface area contributed by atoms with E-state index in [-0.39, 0.29) is 11.2 Å². The summed E-state index contributed by atoms with van der Waals surface area (Å²) in [4.78, 5) is 0. The van der Waals surface area contributed by atoms with Crippen molar-refractivity contribution in [2.75, 3.05) is 0 Å². The lowest BCUT2D eigenvalue weighted by Crippen LogP contribution is -2.44. The van der Waals surface area contributed by atoms with Gasteiger partial charge in [-0.2, -0.15) is 0 Å². The van der Waals surface area contributed by atoms with E-state index in [1.54, 1.807) is 38.1 Å². The Kier molecular flexibility index (Phi) is 4.19. The maximum Gasteiger partial charge on any atom is 0.160 e. The molecule has 4 heteroatoms. The molecule has 0 fully saturated rings. The maximum atomic E-state index is 12.5. The minimum absolute atomic E-state index is 0.0500. The first-order valence-electron chi connectivity index (χ1n) is 5.94. The second-order valence-corrected chi connectivity index (χ2v) is 9.12. The summed E-state index contributed by atoms with van der Waals surface area (Å²) < 4.78 is 24.3. The van der Waals surface area contributed by atoms with Crippen LogP contribution >= 0.6 is 11.6 Å². The molecule has 0 unspecified atom stereocenters. The molecule has 0 amide bonds. The summed E-state index contributed by atoms with van der Waals surface area (Å²) in [6.07, 6.45) is 0. The van der Waals surface area contributed by atoms with Gasteiger partial charge < -0.3 is 0 Å². The monoisotopic (exact) mass is 288 g/mol. The third-order valence-electron chi connectivity index (χ3n) is 3.85. The first kappa shape index (κ1) is 15.5. The Morgan fingerprint density at radius 3 is 1.83 bits per heavy atom. The Balaban J connectivity index is 3.06. The van der Waals surface area contributed by atoms with Crippen LogP contribution < -0.4 is 0 Å². The fourth-order valence-electron chi connectivity index (χ4n) is 1.45. The molecule has 18 heavy (non-hydrogen) atoms. The van der Waals surface area contributed by atoms with Gasteiger partial charge in [-0.05, 0) is 37.0 Å². The highest BCUT2D eigenvalue weighted by molar-refractivity contribution is 7.92. The molecular weight excluding hydrogens is 268 g/mol. The lowest BCUT2D eigenvalue weighted by atomic mass is 9.83. The molecule has 0 radical (unpaired) electrons. The molecule has 0 atom stereocenters. The Morgan fingerprint density at radius 1 is 1.00 bits per heavy atom. The van der Waals surface area contributed by atoms with Crippen molar-refractivity contribution in [1.82, 2.24) is 0 Å². The number of rotatable bonds is 3. The molecule has 0 saturated heterocycles. The number of sulfone groups is 1. The van der Waals surface area contributed by atoms with Gasteiger partial charge in [-0.25, -0.2) is 8.42 Å². The average molecular weight is 289 g/mol. The number of hydrogen-bond donors (Lipinski definition) is 0. The van der Waals surface area contributed by atoms with Crippen molar-refractivity contribution in [3.8, 4) is 0 Å². The quantitative estimate of drug-likeness (QED) is 0.840. The summed E-state index contributed by atoms with van der Waals surface area (Å²) in [5.41, 5.74) is 0.467. The van der Waals surface area contributed by atoms with Crippen LogP contribution in [0.15, 0.2) is 24.3 Å². The van der Waals surface area contributed by atoms with Crippen molar-refractivity contribution in [1.29, 1.82) is 0 Å². The topological polar surface area (TPSA) is 34.1 Å². The van der Waals surface area contributed by atoms with Crippen molar-refractivity contribution < 1.29 is 8.42 Å². The maximum absolute atomic E-state index is 12.5. The van der Waals surface area contributed by atoms with Crippen LogP contribution in [0.3, 0.4) is 0 Å². The van der Waals surface area contributed by atoms with E-state index in [0.717, 1.165) is 5.56 Å². The zero-order chi connectivity index (χ0) is 14.2. The molecule has 2 nitrogen and oxygen atoms in total. The highest BCUT2D eigenvalue weighted by atomic mass is 35.5. The molecule has 0 aromatic heterocycles. The first-order valence-corrected chi connectivity index (χ1v) is 7.97. The standard InChI is InChI=1S/C14H21ClO2S/c1-13(2,3)14(4,5)18(16,17)10-11-6-8-12(15)9-7-11/h6-9H,10H2,1-5H3. The van der Waals surface area contributed by atoms with Crippen molar-refractivity contribution in [2.45, 2.75) is 45.1 Å². The largest absolute Gasteiger partial charge is 0.228 e. The molecule has 0 spiro atoms. The summed E-state index contributed by atoms with van der Waals surface area (Å²) in [7, 11) is -3.23. The van der Waals surface area contributed by atoms with E-state index in [1.165, 1.54) is 0 Å². The van der Waals surface area contributed by atoms with Crippen LogP contribution in [0.2, 0.25) is 5.02 Å². The second-order valence-electron chi connectivity index (χ2n) is 6.15. The third-order valence-corrected chi connectivity index (χ3v) is 6.99. The third kappa shape index (κ3) is 3.07. The van der Waals surface area contributed by atoms with Gasteiger partial charge in [0.2, 0.25) is 0 Å². The molecular formula is C14H21ClO2S. The van der Waals surface area contributed by atoms with Gasteiger partial charge in [0.05, 0.1) is 10.5 Å². The molecule has 1 aromatic carbocycles. The molecule has 1 aromatic rings. The van der Waals surface area contributed by atoms with Gasteiger partial charge in [-0.1, -0.05) is 44.5 Å². The molecule has 102 valence electrons. The smallest absolute Gasteiger partial charge is 0.160 e. The van der Waals surface area contributed by atoms with Gasteiger partial charge in [0.1, 0.15) is 0 Å². The van der Waals surface area contributed by atoms with Gasteiger partial charge in [-0.15, -0.1) is 0 Å². The molecule has 0 aliphatic rings. The number of benzene rings is 1. The number of hydrogen-bond acceptors (Lipinski definition) is 2. The Hall–Kier alpha value is -0.540. The van der Waals surface area contributed by atoms with Crippen molar-refractivity contribution >= 4 is 21.4 Å². The summed E-state index contributed by atoms with van der Waals surface area (Å²) in [6, 6.07) is 6.96. The van der Waals surface area contributed by atoms with Crippen molar-refractivity contribution in [3.63, 3.8) is 0 Å². The predicted octanol–water partition coefficient (Wildman–Crippen LogP) is 4.08. The molecule has 0 bridgehead atoms. The highest BCUT2D eigenvalue weighted by Crippen LogP contribution is 2.38. The average Bonchev–Trinajstić information content (AvgIpc) is 2.19. The van der Waals surface area contributed by atoms with Crippen LogP contribution in [0.5, 0.6) is 0 Å². The van der Waals surface area contributed by atoms with E-state index in [4.69, 9.17) is 11.6 Å². The van der Waals surface area contributed by atoms with E-state index in [2.05, 4.69) is 0 Å². The van der Waals surface area contributed by atoms with Crippen molar-refractivity contribution in [2.24, 2.45) is 5.41 Å². The SMILES string of the molecule is CC(C)(C)C(C)(C)S(=O)(=O)Cc1ccc(Cl)cc1. The van der Waals surface area contributed by atoms with Gasteiger partial charge >= 0.3 is 0 Å². The van der Waals surface area contributed by atoms with E-state index in [9.17, 15) is 8.42 Å². The number of halogens is 1. The van der Waals surface area contributed by atoms with E-state index < -0.39 is 14.6 Å². The van der Waals surface area contributed by atoms with Crippen LogP contribution in [0.1, 0.15) is 40.2 Å². The van der Waals surface area contributed by atoms with Crippen molar-refractivity contribution in [3.05, 3.63) is 34.9 Å².